The number of aryl methyl sites for hydroxylation is 1. The van der Waals surface area contributed by atoms with Gasteiger partial charge in [0.1, 0.15) is 5.76 Å². The Kier molecular flexibility index (Phi) is 8.13. The van der Waals surface area contributed by atoms with Gasteiger partial charge in [0.15, 0.2) is 5.82 Å². The lowest BCUT2D eigenvalue weighted by Gasteiger charge is -2.26. The van der Waals surface area contributed by atoms with E-state index in [9.17, 15) is 9.59 Å². The summed E-state index contributed by atoms with van der Waals surface area (Å²) in [6.45, 7) is 13.1. The molecular weight excluding hydrogens is 318 g/mol. The Hall–Kier alpha value is -1.85. The van der Waals surface area contributed by atoms with Crippen LogP contribution in [0, 0.1) is 18.3 Å². The first kappa shape index (κ1) is 21.2. The molecule has 0 aliphatic carbocycles. The number of rotatable bonds is 9. The Bertz CT molecular complexity index is 561. The van der Waals surface area contributed by atoms with Gasteiger partial charge in [-0.05, 0) is 31.1 Å². The predicted molar refractivity (Wildman–Crippen MR) is 99.2 cm³/mol. The van der Waals surface area contributed by atoms with Crippen molar-refractivity contribution < 1.29 is 14.1 Å². The topological polar surface area (TPSA) is 75.4 Å². The van der Waals surface area contributed by atoms with Crippen molar-refractivity contribution >= 4 is 17.6 Å². The largest absolute Gasteiger partial charge is 0.360 e. The molecule has 0 saturated heterocycles. The lowest BCUT2D eigenvalue weighted by atomic mass is 9.84. The van der Waals surface area contributed by atoms with Gasteiger partial charge in [0.2, 0.25) is 11.8 Å². The second-order valence-electron chi connectivity index (χ2n) is 8.11. The third kappa shape index (κ3) is 8.70. The van der Waals surface area contributed by atoms with Crippen LogP contribution in [-0.2, 0) is 9.59 Å². The number of nitrogens with zero attached hydrogens (tertiary/aromatic N) is 2. The molecule has 0 radical (unpaired) electrons. The second-order valence-corrected chi connectivity index (χ2v) is 8.11. The van der Waals surface area contributed by atoms with Crippen molar-refractivity contribution in [3.8, 4) is 0 Å². The van der Waals surface area contributed by atoms with E-state index in [0.29, 0.717) is 24.5 Å². The van der Waals surface area contributed by atoms with E-state index < -0.39 is 0 Å². The van der Waals surface area contributed by atoms with Crippen LogP contribution >= 0.6 is 0 Å². The molecule has 1 aromatic rings. The van der Waals surface area contributed by atoms with Crippen LogP contribution in [-0.4, -0.2) is 35.0 Å². The summed E-state index contributed by atoms with van der Waals surface area (Å²) in [4.78, 5) is 26.5. The van der Waals surface area contributed by atoms with Gasteiger partial charge < -0.3 is 14.7 Å². The fraction of sp³-hybridized carbons (Fsp3) is 0.737. The van der Waals surface area contributed by atoms with Gasteiger partial charge in [-0.2, -0.15) is 0 Å². The highest BCUT2D eigenvalue weighted by Crippen LogP contribution is 2.26. The molecule has 1 aromatic heterocycles. The summed E-state index contributed by atoms with van der Waals surface area (Å²) in [5.41, 5.74) is 0.191. The summed E-state index contributed by atoms with van der Waals surface area (Å²) in [6.07, 6.45) is 3.31. The number of hydrogen-bond donors (Lipinski definition) is 1. The first-order chi connectivity index (χ1) is 11.6. The number of carbonyl (C=O) groups excluding carboxylic acids is 2. The van der Waals surface area contributed by atoms with E-state index in [1.54, 1.807) is 17.9 Å². The Balaban J connectivity index is 2.62. The molecule has 1 unspecified atom stereocenters. The molecule has 0 spiro atoms. The molecule has 0 bridgehead atoms. The zero-order chi connectivity index (χ0) is 19.0. The maximum atomic E-state index is 12.6. The molecule has 1 rings (SSSR count). The number of carbonyl (C=O) groups is 2. The number of aromatic nitrogens is 1. The quantitative estimate of drug-likeness (QED) is 0.729. The van der Waals surface area contributed by atoms with Gasteiger partial charge in [-0.25, -0.2) is 0 Å². The van der Waals surface area contributed by atoms with Crippen molar-refractivity contribution in [2.45, 2.75) is 67.2 Å². The fourth-order valence-corrected chi connectivity index (χ4v) is 2.97. The third-order valence-corrected chi connectivity index (χ3v) is 3.85. The molecule has 0 saturated carbocycles. The summed E-state index contributed by atoms with van der Waals surface area (Å²) in [6, 6.07) is 1.65. The standard InChI is InChI=1S/C19H33N3O3/c1-7-8-9-22(18(24)10-14(2)12-19(4,5)6)13-17(23)20-16-11-15(3)25-21-16/h11,14H,7-10,12-13H2,1-6H3,(H,20,21,23). The maximum absolute atomic E-state index is 12.6. The van der Waals surface area contributed by atoms with Gasteiger partial charge in [0.05, 0.1) is 6.54 Å². The van der Waals surface area contributed by atoms with Crippen molar-refractivity contribution in [1.82, 2.24) is 10.1 Å². The normalized spacial score (nSPS) is 12.7. The number of anilines is 1. The van der Waals surface area contributed by atoms with Crippen LogP contribution in [0.15, 0.2) is 10.6 Å². The highest BCUT2D eigenvalue weighted by molar-refractivity contribution is 5.93. The summed E-state index contributed by atoms with van der Waals surface area (Å²) in [5.74, 6) is 1.09. The first-order valence-corrected chi connectivity index (χ1v) is 9.11. The average Bonchev–Trinajstić information content (AvgIpc) is 2.86. The predicted octanol–water partition coefficient (Wildman–Crippen LogP) is 4.01. The van der Waals surface area contributed by atoms with E-state index in [1.807, 2.05) is 0 Å². The van der Waals surface area contributed by atoms with Gasteiger partial charge in [-0.3, -0.25) is 9.59 Å². The number of hydrogen-bond acceptors (Lipinski definition) is 4. The lowest BCUT2D eigenvalue weighted by Crippen LogP contribution is -2.39. The average molecular weight is 351 g/mol. The van der Waals surface area contributed by atoms with Crippen LogP contribution in [0.1, 0.15) is 66.1 Å². The van der Waals surface area contributed by atoms with Crippen LogP contribution in [0.2, 0.25) is 0 Å². The molecule has 25 heavy (non-hydrogen) atoms. The van der Waals surface area contributed by atoms with Gasteiger partial charge in [-0.15, -0.1) is 0 Å². The van der Waals surface area contributed by atoms with Crippen LogP contribution in [0.3, 0.4) is 0 Å². The molecule has 2 amide bonds. The number of nitrogens with one attached hydrogen (secondary N) is 1. The smallest absolute Gasteiger partial charge is 0.245 e. The van der Waals surface area contributed by atoms with E-state index >= 15 is 0 Å². The van der Waals surface area contributed by atoms with Gasteiger partial charge >= 0.3 is 0 Å². The Morgan fingerprint density at radius 3 is 2.56 bits per heavy atom. The lowest BCUT2D eigenvalue weighted by molar-refractivity contribution is -0.135. The summed E-state index contributed by atoms with van der Waals surface area (Å²) in [7, 11) is 0. The SMILES string of the molecule is CCCCN(CC(=O)Nc1cc(C)on1)C(=O)CC(C)CC(C)(C)C. The highest BCUT2D eigenvalue weighted by Gasteiger charge is 2.22. The minimum atomic E-state index is -0.249. The minimum Gasteiger partial charge on any atom is -0.360 e. The summed E-state index contributed by atoms with van der Waals surface area (Å²) >= 11 is 0. The van der Waals surface area contributed by atoms with E-state index in [-0.39, 0.29) is 29.7 Å². The Morgan fingerprint density at radius 2 is 2.04 bits per heavy atom. The van der Waals surface area contributed by atoms with Crippen LogP contribution < -0.4 is 5.32 Å². The number of unbranched alkanes of at least 4 members (excludes halogenated alkanes) is 1. The zero-order valence-corrected chi connectivity index (χ0v) is 16.5. The first-order valence-electron chi connectivity index (χ1n) is 9.11. The molecule has 1 N–H and O–H groups in total. The number of amides is 2. The fourth-order valence-electron chi connectivity index (χ4n) is 2.97. The van der Waals surface area contributed by atoms with Crippen molar-refractivity contribution in [2.75, 3.05) is 18.4 Å². The second kappa shape index (κ2) is 9.59. The van der Waals surface area contributed by atoms with Gasteiger partial charge in [-0.1, -0.05) is 46.2 Å². The third-order valence-electron chi connectivity index (χ3n) is 3.85. The molecule has 142 valence electrons. The summed E-state index contributed by atoms with van der Waals surface area (Å²) in [5, 5.41) is 6.43. The molecule has 1 heterocycles. The highest BCUT2D eigenvalue weighted by atomic mass is 16.5. The van der Waals surface area contributed by atoms with E-state index in [1.165, 1.54) is 0 Å². The Labute approximate surface area is 151 Å². The van der Waals surface area contributed by atoms with Gasteiger partial charge in [0, 0.05) is 19.0 Å². The van der Waals surface area contributed by atoms with Crippen molar-refractivity contribution in [2.24, 2.45) is 11.3 Å². The summed E-state index contributed by atoms with van der Waals surface area (Å²) < 4.78 is 4.94. The van der Waals surface area contributed by atoms with Crippen molar-refractivity contribution in [3.05, 3.63) is 11.8 Å². The van der Waals surface area contributed by atoms with E-state index in [4.69, 9.17) is 4.52 Å². The molecule has 6 nitrogen and oxygen atoms in total. The van der Waals surface area contributed by atoms with Crippen LogP contribution in [0.4, 0.5) is 5.82 Å². The molecule has 0 aliphatic heterocycles. The van der Waals surface area contributed by atoms with Crippen molar-refractivity contribution in [1.29, 1.82) is 0 Å². The molecule has 0 fully saturated rings. The van der Waals surface area contributed by atoms with E-state index in [2.05, 4.69) is 45.1 Å². The Morgan fingerprint density at radius 1 is 1.36 bits per heavy atom. The maximum Gasteiger partial charge on any atom is 0.245 e. The van der Waals surface area contributed by atoms with Gasteiger partial charge in [0.25, 0.3) is 0 Å². The van der Waals surface area contributed by atoms with Crippen LogP contribution in [0.5, 0.6) is 0 Å². The van der Waals surface area contributed by atoms with Crippen LogP contribution in [0.25, 0.3) is 0 Å². The molecular formula is C19H33N3O3. The van der Waals surface area contributed by atoms with E-state index in [0.717, 1.165) is 19.3 Å². The molecule has 6 heteroatoms. The molecule has 0 aliphatic rings. The molecule has 1 atom stereocenters. The molecule has 0 aromatic carbocycles. The minimum absolute atomic E-state index is 0.0386. The monoisotopic (exact) mass is 351 g/mol. The van der Waals surface area contributed by atoms with Crippen molar-refractivity contribution in [3.63, 3.8) is 0 Å². The zero-order valence-electron chi connectivity index (χ0n) is 16.5.